The third kappa shape index (κ3) is 1.99. The van der Waals surface area contributed by atoms with Gasteiger partial charge < -0.3 is 9.67 Å². The Bertz CT molecular complexity index is 612. The summed E-state index contributed by atoms with van der Waals surface area (Å²) in [6, 6.07) is 4.57. The zero-order chi connectivity index (χ0) is 13.4. The number of halogens is 2. The summed E-state index contributed by atoms with van der Waals surface area (Å²) < 4.78 is 27.9. The zero-order valence-electron chi connectivity index (χ0n) is 9.87. The van der Waals surface area contributed by atoms with Gasteiger partial charge >= 0.3 is 5.97 Å². The van der Waals surface area contributed by atoms with Crippen molar-refractivity contribution < 1.29 is 18.7 Å². The number of hydrogen-bond acceptors (Lipinski definition) is 1. The van der Waals surface area contributed by atoms with Crippen molar-refractivity contribution >= 4 is 5.97 Å². The van der Waals surface area contributed by atoms with E-state index in [1.807, 2.05) is 0 Å². The number of rotatable bonds is 2. The van der Waals surface area contributed by atoms with E-state index in [0.29, 0.717) is 11.4 Å². The molecule has 1 N–H and O–H groups in total. The standard InChI is InChI=1S/C13H11F2NO2/c1-7-3-12(13(17)18)8(2)16(7)11-5-9(14)4-10(15)6-11/h3-6H,1-2H3,(H,17,18). The van der Waals surface area contributed by atoms with Crippen LogP contribution < -0.4 is 0 Å². The summed E-state index contributed by atoms with van der Waals surface area (Å²) in [7, 11) is 0. The molecule has 0 atom stereocenters. The summed E-state index contributed by atoms with van der Waals surface area (Å²) in [5.74, 6) is -2.46. The number of carboxylic acids is 1. The molecule has 94 valence electrons. The lowest BCUT2D eigenvalue weighted by molar-refractivity contribution is 0.0696. The van der Waals surface area contributed by atoms with E-state index in [4.69, 9.17) is 5.11 Å². The van der Waals surface area contributed by atoms with Gasteiger partial charge in [-0.05, 0) is 32.0 Å². The Kier molecular flexibility index (Phi) is 2.90. The average molecular weight is 251 g/mol. The molecule has 1 aromatic carbocycles. The summed E-state index contributed by atoms with van der Waals surface area (Å²) in [6.45, 7) is 3.28. The van der Waals surface area contributed by atoms with Crippen LogP contribution in [0.5, 0.6) is 0 Å². The summed E-state index contributed by atoms with van der Waals surface area (Å²) >= 11 is 0. The normalized spacial score (nSPS) is 10.7. The lowest BCUT2D eigenvalue weighted by Crippen LogP contribution is -2.03. The molecule has 0 aliphatic rings. The predicted molar refractivity (Wildman–Crippen MR) is 62.1 cm³/mol. The summed E-state index contributed by atoms with van der Waals surface area (Å²) in [4.78, 5) is 11.0. The van der Waals surface area contributed by atoms with Crippen molar-refractivity contribution in [2.45, 2.75) is 13.8 Å². The second kappa shape index (κ2) is 4.25. The van der Waals surface area contributed by atoms with Gasteiger partial charge in [-0.2, -0.15) is 0 Å². The largest absolute Gasteiger partial charge is 0.478 e. The van der Waals surface area contributed by atoms with E-state index in [2.05, 4.69) is 0 Å². The summed E-state index contributed by atoms with van der Waals surface area (Å²) in [5, 5.41) is 9.00. The molecule has 1 heterocycles. The van der Waals surface area contributed by atoms with E-state index < -0.39 is 17.6 Å². The Morgan fingerprint density at radius 2 is 1.67 bits per heavy atom. The third-order valence-electron chi connectivity index (χ3n) is 2.77. The molecular formula is C13H11F2NO2. The molecule has 3 nitrogen and oxygen atoms in total. The first-order valence-corrected chi connectivity index (χ1v) is 5.29. The maximum absolute atomic E-state index is 13.2. The van der Waals surface area contributed by atoms with Crippen molar-refractivity contribution in [1.29, 1.82) is 0 Å². The van der Waals surface area contributed by atoms with Gasteiger partial charge in [0.05, 0.1) is 11.3 Å². The van der Waals surface area contributed by atoms with Gasteiger partial charge in [-0.1, -0.05) is 0 Å². The lowest BCUT2D eigenvalue weighted by atomic mass is 10.2. The van der Waals surface area contributed by atoms with Crippen LogP contribution in [0, 0.1) is 25.5 Å². The van der Waals surface area contributed by atoms with E-state index in [1.54, 1.807) is 13.8 Å². The highest BCUT2D eigenvalue weighted by Crippen LogP contribution is 2.22. The van der Waals surface area contributed by atoms with Gasteiger partial charge in [0.1, 0.15) is 11.6 Å². The van der Waals surface area contributed by atoms with Gasteiger partial charge in [0, 0.05) is 17.5 Å². The van der Waals surface area contributed by atoms with Gasteiger partial charge in [0.2, 0.25) is 0 Å². The second-order valence-corrected chi connectivity index (χ2v) is 4.05. The number of nitrogens with zero attached hydrogens (tertiary/aromatic N) is 1. The van der Waals surface area contributed by atoms with Gasteiger partial charge in [0.25, 0.3) is 0 Å². The van der Waals surface area contributed by atoms with E-state index >= 15 is 0 Å². The van der Waals surface area contributed by atoms with Crippen LogP contribution in [0.2, 0.25) is 0 Å². The maximum atomic E-state index is 13.2. The van der Waals surface area contributed by atoms with Gasteiger partial charge in [-0.3, -0.25) is 0 Å². The van der Waals surface area contributed by atoms with Gasteiger partial charge in [0.15, 0.2) is 0 Å². The van der Waals surface area contributed by atoms with Crippen LogP contribution in [0.3, 0.4) is 0 Å². The minimum Gasteiger partial charge on any atom is -0.478 e. The fourth-order valence-electron chi connectivity index (χ4n) is 2.05. The molecule has 0 fully saturated rings. The van der Waals surface area contributed by atoms with Crippen molar-refractivity contribution in [2.24, 2.45) is 0 Å². The topological polar surface area (TPSA) is 42.2 Å². The summed E-state index contributed by atoms with van der Waals surface area (Å²) in [5.41, 5.74) is 1.44. The molecule has 0 radical (unpaired) electrons. The number of benzene rings is 1. The monoisotopic (exact) mass is 251 g/mol. The molecule has 0 spiro atoms. The van der Waals surface area contributed by atoms with Crippen LogP contribution in [0.4, 0.5) is 8.78 Å². The highest BCUT2D eigenvalue weighted by molar-refractivity contribution is 5.89. The number of hydrogen-bond donors (Lipinski definition) is 1. The molecule has 5 heteroatoms. The molecule has 0 aliphatic heterocycles. The maximum Gasteiger partial charge on any atom is 0.337 e. The minimum absolute atomic E-state index is 0.122. The van der Waals surface area contributed by atoms with Crippen LogP contribution >= 0.6 is 0 Å². The first kappa shape index (κ1) is 12.3. The molecule has 0 saturated carbocycles. The van der Waals surface area contributed by atoms with Crippen molar-refractivity contribution in [1.82, 2.24) is 4.57 Å². The quantitative estimate of drug-likeness (QED) is 0.891. The van der Waals surface area contributed by atoms with Crippen molar-refractivity contribution in [3.63, 3.8) is 0 Å². The van der Waals surface area contributed by atoms with E-state index in [0.717, 1.165) is 18.2 Å². The number of aryl methyl sites for hydroxylation is 1. The van der Waals surface area contributed by atoms with E-state index in [-0.39, 0.29) is 11.3 Å². The molecule has 0 unspecified atom stereocenters. The molecule has 2 aromatic rings. The molecule has 0 aliphatic carbocycles. The molecule has 0 saturated heterocycles. The second-order valence-electron chi connectivity index (χ2n) is 4.05. The van der Waals surface area contributed by atoms with Gasteiger partial charge in [-0.25, -0.2) is 13.6 Å². The van der Waals surface area contributed by atoms with Crippen LogP contribution in [-0.2, 0) is 0 Å². The number of aromatic carboxylic acids is 1. The first-order valence-electron chi connectivity index (χ1n) is 5.29. The third-order valence-corrected chi connectivity index (χ3v) is 2.77. The highest BCUT2D eigenvalue weighted by Gasteiger charge is 2.16. The first-order chi connectivity index (χ1) is 8.40. The van der Waals surface area contributed by atoms with Crippen LogP contribution in [-0.4, -0.2) is 15.6 Å². The molecule has 18 heavy (non-hydrogen) atoms. The van der Waals surface area contributed by atoms with Crippen molar-refractivity contribution in [3.05, 3.63) is 52.9 Å². The Labute approximate surface area is 102 Å². The minimum atomic E-state index is -1.06. The van der Waals surface area contributed by atoms with Crippen molar-refractivity contribution in [3.8, 4) is 5.69 Å². The Morgan fingerprint density at radius 1 is 1.11 bits per heavy atom. The zero-order valence-corrected chi connectivity index (χ0v) is 9.87. The molecule has 2 rings (SSSR count). The molecular weight excluding hydrogens is 240 g/mol. The fraction of sp³-hybridized carbons (Fsp3) is 0.154. The molecule has 0 amide bonds. The highest BCUT2D eigenvalue weighted by atomic mass is 19.1. The van der Waals surface area contributed by atoms with E-state index in [9.17, 15) is 13.6 Å². The lowest BCUT2D eigenvalue weighted by Gasteiger charge is -2.09. The van der Waals surface area contributed by atoms with Crippen molar-refractivity contribution in [2.75, 3.05) is 0 Å². The number of carbonyl (C=O) groups is 1. The molecule has 1 aromatic heterocycles. The fourth-order valence-corrected chi connectivity index (χ4v) is 2.05. The van der Waals surface area contributed by atoms with Crippen LogP contribution in [0.15, 0.2) is 24.3 Å². The number of carboxylic acid groups (broad SMARTS) is 1. The summed E-state index contributed by atoms with van der Waals surface area (Å²) in [6.07, 6.45) is 0. The predicted octanol–water partition coefficient (Wildman–Crippen LogP) is 3.07. The van der Waals surface area contributed by atoms with Gasteiger partial charge in [-0.15, -0.1) is 0 Å². The Morgan fingerprint density at radius 3 is 2.11 bits per heavy atom. The number of aromatic nitrogens is 1. The van der Waals surface area contributed by atoms with E-state index in [1.165, 1.54) is 10.6 Å². The molecule has 0 bridgehead atoms. The Balaban J connectivity index is 2.67. The van der Waals surface area contributed by atoms with Crippen LogP contribution in [0.25, 0.3) is 5.69 Å². The Hall–Kier alpha value is -2.17. The average Bonchev–Trinajstić information content (AvgIpc) is 2.52. The SMILES string of the molecule is Cc1cc(C(=O)O)c(C)n1-c1cc(F)cc(F)c1. The van der Waals surface area contributed by atoms with Crippen LogP contribution in [0.1, 0.15) is 21.7 Å². The smallest absolute Gasteiger partial charge is 0.337 e.